The molecule has 0 aliphatic carbocycles. The van der Waals surface area contributed by atoms with E-state index in [0.29, 0.717) is 0 Å². The van der Waals surface area contributed by atoms with Crippen molar-refractivity contribution in [3.05, 3.63) is 17.5 Å². The molecule has 0 spiro atoms. The Morgan fingerprint density at radius 3 is 2.64 bits per heavy atom. The van der Waals surface area contributed by atoms with Gasteiger partial charge in [0.15, 0.2) is 0 Å². The standard InChI is InChI=1S/C8H7NO3S2/c9-4-8(5-12-6-8)14(10,11)7-2-1-3-13-7/h1-3H,5-6H2. The number of hydrogen-bond donors (Lipinski definition) is 0. The van der Waals surface area contributed by atoms with Gasteiger partial charge in [0, 0.05) is 0 Å². The van der Waals surface area contributed by atoms with Crippen molar-refractivity contribution < 1.29 is 13.2 Å². The van der Waals surface area contributed by atoms with Crippen LogP contribution in [0.2, 0.25) is 0 Å². The number of hydrogen-bond acceptors (Lipinski definition) is 5. The molecule has 0 N–H and O–H groups in total. The van der Waals surface area contributed by atoms with E-state index in [-0.39, 0.29) is 17.4 Å². The molecule has 14 heavy (non-hydrogen) atoms. The number of thiophene rings is 1. The smallest absolute Gasteiger partial charge is 0.211 e. The van der Waals surface area contributed by atoms with E-state index >= 15 is 0 Å². The highest BCUT2D eigenvalue weighted by atomic mass is 32.2. The van der Waals surface area contributed by atoms with Gasteiger partial charge in [-0.1, -0.05) is 6.07 Å². The zero-order chi connectivity index (χ0) is 10.2. The van der Waals surface area contributed by atoms with Crippen LogP contribution in [0.5, 0.6) is 0 Å². The van der Waals surface area contributed by atoms with E-state index in [0.717, 1.165) is 11.3 Å². The van der Waals surface area contributed by atoms with Crippen molar-refractivity contribution in [1.82, 2.24) is 0 Å². The van der Waals surface area contributed by atoms with Gasteiger partial charge in [-0.25, -0.2) is 8.42 Å². The molecule has 1 saturated heterocycles. The Bertz CT molecular complexity index is 465. The molecule has 6 heteroatoms. The Morgan fingerprint density at radius 1 is 1.57 bits per heavy atom. The normalized spacial score (nSPS) is 19.6. The van der Waals surface area contributed by atoms with Crippen LogP contribution in [0.3, 0.4) is 0 Å². The molecule has 0 aromatic carbocycles. The Balaban J connectivity index is 2.49. The summed E-state index contributed by atoms with van der Waals surface area (Å²) in [7, 11) is -3.54. The van der Waals surface area contributed by atoms with Crippen LogP contribution in [0.25, 0.3) is 0 Å². The van der Waals surface area contributed by atoms with E-state index in [9.17, 15) is 8.42 Å². The Hall–Kier alpha value is -0.900. The fourth-order valence-electron chi connectivity index (χ4n) is 1.18. The Morgan fingerprint density at radius 2 is 2.29 bits per heavy atom. The third-order valence-corrected chi connectivity index (χ3v) is 5.78. The van der Waals surface area contributed by atoms with Crippen LogP contribution in [0.15, 0.2) is 21.7 Å². The average Bonchev–Trinajstić information content (AvgIpc) is 2.53. The minimum absolute atomic E-state index is 0.0241. The maximum atomic E-state index is 11.9. The van der Waals surface area contributed by atoms with E-state index in [1.54, 1.807) is 11.4 Å². The molecule has 0 bridgehead atoms. The number of rotatable bonds is 2. The number of sulfone groups is 1. The van der Waals surface area contributed by atoms with Crippen LogP contribution in [-0.4, -0.2) is 26.4 Å². The fourth-order valence-corrected chi connectivity index (χ4v) is 4.02. The molecule has 0 amide bonds. The molecular weight excluding hydrogens is 222 g/mol. The summed E-state index contributed by atoms with van der Waals surface area (Å²) in [6, 6.07) is 5.00. The van der Waals surface area contributed by atoms with E-state index in [1.165, 1.54) is 6.07 Å². The maximum Gasteiger partial charge on any atom is 0.211 e. The summed E-state index contributed by atoms with van der Waals surface area (Å²) in [6.45, 7) is -0.0481. The van der Waals surface area contributed by atoms with Crippen molar-refractivity contribution in [1.29, 1.82) is 5.26 Å². The zero-order valence-corrected chi connectivity index (χ0v) is 8.77. The highest BCUT2D eigenvalue weighted by Gasteiger charge is 2.52. The van der Waals surface area contributed by atoms with E-state index in [2.05, 4.69) is 0 Å². The Kier molecular flexibility index (Phi) is 2.10. The summed E-state index contributed by atoms with van der Waals surface area (Å²) in [5.41, 5.74) is 0. The van der Waals surface area contributed by atoms with Gasteiger partial charge < -0.3 is 4.74 Å². The zero-order valence-electron chi connectivity index (χ0n) is 7.13. The molecule has 1 aliphatic heterocycles. The van der Waals surface area contributed by atoms with E-state index in [4.69, 9.17) is 10.00 Å². The summed E-state index contributed by atoms with van der Waals surface area (Å²) < 4.78 is 27.6. The molecular formula is C8H7NO3S2. The van der Waals surface area contributed by atoms with Crippen LogP contribution in [0.4, 0.5) is 0 Å². The first-order valence-electron chi connectivity index (χ1n) is 3.89. The van der Waals surface area contributed by atoms with Crippen LogP contribution in [0.1, 0.15) is 0 Å². The predicted octanol–water partition coefficient (Wildman–Crippen LogP) is 0.814. The Labute approximate surface area is 85.7 Å². The summed E-state index contributed by atoms with van der Waals surface area (Å²) >= 11 is 1.13. The second-order valence-corrected chi connectivity index (χ2v) is 6.47. The molecule has 74 valence electrons. The molecule has 0 atom stereocenters. The van der Waals surface area contributed by atoms with Gasteiger partial charge in [0.2, 0.25) is 14.6 Å². The first-order chi connectivity index (χ1) is 6.62. The van der Waals surface area contributed by atoms with Crippen LogP contribution < -0.4 is 0 Å². The molecule has 2 rings (SSSR count). The minimum Gasteiger partial charge on any atom is -0.376 e. The number of nitrogens with zero attached hydrogens (tertiary/aromatic N) is 1. The van der Waals surface area contributed by atoms with Gasteiger partial charge in [-0.05, 0) is 11.4 Å². The van der Waals surface area contributed by atoms with Crippen molar-refractivity contribution in [2.75, 3.05) is 13.2 Å². The molecule has 1 fully saturated rings. The molecule has 2 heterocycles. The van der Waals surface area contributed by atoms with Gasteiger partial charge in [-0.3, -0.25) is 0 Å². The second-order valence-electron chi connectivity index (χ2n) is 3.03. The lowest BCUT2D eigenvalue weighted by atomic mass is 10.1. The molecule has 1 aliphatic rings. The summed E-state index contributed by atoms with van der Waals surface area (Å²) in [5, 5.41) is 10.5. The van der Waals surface area contributed by atoms with Crippen LogP contribution >= 0.6 is 11.3 Å². The first kappa shape index (κ1) is 9.65. The number of nitriles is 1. The van der Waals surface area contributed by atoms with Crippen molar-refractivity contribution in [3.8, 4) is 6.07 Å². The van der Waals surface area contributed by atoms with Crippen LogP contribution in [-0.2, 0) is 14.6 Å². The minimum atomic E-state index is -3.54. The predicted molar refractivity (Wildman–Crippen MR) is 50.7 cm³/mol. The van der Waals surface area contributed by atoms with Gasteiger partial charge in [0.1, 0.15) is 4.21 Å². The molecule has 0 saturated carbocycles. The summed E-state index contributed by atoms with van der Waals surface area (Å²) in [6.07, 6.45) is 0. The van der Waals surface area contributed by atoms with Gasteiger partial charge in [0.25, 0.3) is 0 Å². The van der Waals surface area contributed by atoms with Crippen molar-refractivity contribution >= 4 is 21.2 Å². The monoisotopic (exact) mass is 229 g/mol. The van der Waals surface area contributed by atoms with Crippen molar-refractivity contribution in [2.24, 2.45) is 0 Å². The van der Waals surface area contributed by atoms with Gasteiger partial charge in [-0.15, -0.1) is 11.3 Å². The first-order valence-corrected chi connectivity index (χ1v) is 6.26. The average molecular weight is 229 g/mol. The largest absolute Gasteiger partial charge is 0.376 e. The van der Waals surface area contributed by atoms with Gasteiger partial charge in [0.05, 0.1) is 19.3 Å². The van der Waals surface area contributed by atoms with Gasteiger partial charge in [-0.2, -0.15) is 5.26 Å². The summed E-state index contributed by atoms with van der Waals surface area (Å²) in [5.74, 6) is 0. The van der Waals surface area contributed by atoms with E-state index in [1.807, 2.05) is 6.07 Å². The second kappa shape index (κ2) is 3.05. The highest BCUT2D eigenvalue weighted by Crippen LogP contribution is 2.34. The molecule has 4 nitrogen and oxygen atoms in total. The van der Waals surface area contributed by atoms with Crippen molar-refractivity contribution in [3.63, 3.8) is 0 Å². The highest BCUT2D eigenvalue weighted by molar-refractivity contribution is 7.95. The lowest BCUT2D eigenvalue weighted by molar-refractivity contribution is 0.0116. The lowest BCUT2D eigenvalue weighted by Crippen LogP contribution is -2.54. The van der Waals surface area contributed by atoms with Gasteiger partial charge >= 0.3 is 0 Å². The van der Waals surface area contributed by atoms with Crippen LogP contribution in [0, 0.1) is 11.3 Å². The third kappa shape index (κ3) is 1.10. The molecule has 1 aromatic heterocycles. The molecule has 1 aromatic rings. The third-order valence-electron chi connectivity index (χ3n) is 2.15. The fraction of sp³-hybridized carbons (Fsp3) is 0.375. The van der Waals surface area contributed by atoms with E-state index < -0.39 is 14.6 Å². The van der Waals surface area contributed by atoms with Crippen molar-refractivity contribution in [2.45, 2.75) is 8.96 Å². The number of ether oxygens (including phenoxy) is 1. The SMILES string of the molecule is N#CC1(S(=O)(=O)c2cccs2)COC1. The molecule has 0 radical (unpaired) electrons. The lowest BCUT2D eigenvalue weighted by Gasteiger charge is -2.33. The molecule has 0 unspecified atom stereocenters. The quantitative estimate of drug-likeness (QED) is 0.752. The maximum absolute atomic E-state index is 11.9. The summed E-state index contributed by atoms with van der Waals surface area (Å²) in [4.78, 5) is 0. The topological polar surface area (TPSA) is 67.2 Å².